The smallest absolute Gasteiger partial charge is 0.354 e. The molecular weight excluding hydrogens is 255 g/mol. The molecule has 1 aliphatic heterocycles. The summed E-state index contributed by atoms with van der Waals surface area (Å²) in [5.41, 5.74) is 2.08. The van der Waals surface area contributed by atoms with E-state index in [1.807, 2.05) is 23.0 Å². The Bertz CT molecular complexity index is 453. The Balaban J connectivity index is 2.13. The normalized spacial score (nSPS) is 25.1. The van der Waals surface area contributed by atoms with Crippen LogP contribution in [-0.2, 0) is 4.84 Å². The second-order valence-corrected chi connectivity index (χ2v) is 4.33. The van der Waals surface area contributed by atoms with E-state index in [2.05, 4.69) is 4.84 Å². The Morgan fingerprint density at radius 2 is 2.18 bits per heavy atom. The van der Waals surface area contributed by atoms with Crippen LogP contribution in [0.15, 0.2) is 35.4 Å². The lowest BCUT2D eigenvalue weighted by molar-refractivity contribution is -0.346. The first kappa shape index (κ1) is 12.2. The Morgan fingerprint density at radius 1 is 1.41 bits per heavy atom. The molecule has 2 heterocycles. The fraction of sp³-hybridized carbons (Fsp3) is 0.200. The van der Waals surface area contributed by atoms with Gasteiger partial charge in [0.2, 0.25) is 0 Å². The fourth-order valence-corrected chi connectivity index (χ4v) is 1.80. The molecule has 0 fully saturated rings. The van der Waals surface area contributed by atoms with Crippen molar-refractivity contribution in [3.8, 4) is 0 Å². The summed E-state index contributed by atoms with van der Waals surface area (Å²) < 4.78 is 37.1. The molecule has 0 saturated carbocycles. The molecule has 0 aromatic carbocycles. The van der Waals surface area contributed by atoms with Crippen LogP contribution in [0.2, 0.25) is 0 Å². The monoisotopic (exact) mass is 263 g/mol. The van der Waals surface area contributed by atoms with Gasteiger partial charge in [-0.05, 0) is 23.6 Å². The summed E-state index contributed by atoms with van der Waals surface area (Å²) >= 11 is 1.44. The highest BCUT2D eigenvalue weighted by Crippen LogP contribution is 2.35. The third kappa shape index (κ3) is 2.51. The number of allylic oxidation sites excluding steroid dienone is 1. The van der Waals surface area contributed by atoms with Gasteiger partial charge < -0.3 is 5.11 Å². The van der Waals surface area contributed by atoms with E-state index in [4.69, 9.17) is 5.11 Å². The van der Waals surface area contributed by atoms with Crippen LogP contribution >= 0.6 is 11.3 Å². The van der Waals surface area contributed by atoms with E-state index in [1.165, 1.54) is 17.4 Å². The number of halogens is 3. The lowest BCUT2D eigenvalue weighted by atomic mass is 10.2. The number of aliphatic hydroxyl groups is 1. The van der Waals surface area contributed by atoms with Crippen molar-refractivity contribution in [1.82, 2.24) is 5.48 Å². The second-order valence-electron chi connectivity index (χ2n) is 3.35. The van der Waals surface area contributed by atoms with Crippen LogP contribution in [0.25, 0.3) is 6.08 Å². The molecule has 7 heteroatoms. The molecule has 1 aromatic heterocycles. The molecule has 92 valence electrons. The van der Waals surface area contributed by atoms with Crippen molar-refractivity contribution < 1.29 is 23.1 Å². The van der Waals surface area contributed by atoms with Gasteiger partial charge in [0.05, 0.1) is 5.70 Å². The van der Waals surface area contributed by atoms with Crippen LogP contribution in [0.5, 0.6) is 0 Å². The van der Waals surface area contributed by atoms with Gasteiger partial charge in [-0.25, -0.2) is 4.84 Å². The maximum atomic E-state index is 12.4. The summed E-state index contributed by atoms with van der Waals surface area (Å²) in [6, 6.07) is 3.64. The molecule has 17 heavy (non-hydrogen) atoms. The van der Waals surface area contributed by atoms with Crippen LogP contribution in [0.3, 0.4) is 0 Å². The molecule has 0 aliphatic carbocycles. The van der Waals surface area contributed by atoms with Gasteiger partial charge >= 0.3 is 12.0 Å². The van der Waals surface area contributed by atoms with Crippen LogP contribution in [-0.4, -0.2) is 17.1 Å². The molecule has 3 nitrogen and oxygen atoms in total. The average molecular weight is 263 g/mol. The van der Waals surface area contributed by atoms with Gasteiger partial charge in [-0.3, -0.25) is 5.48 Å². The third-order valence-corrected chi connectivity index (χ3v) is 2.89. The number of hydroxylamine groups is 1. The van der Waals surface area contributed by atoms with Crippen molar-refractivity contribution in [1.29, 1.82) is 0 Å². The first-order valence-corrected chi connectivity index (χ1v) is 5.46. The summed E-state index contributed by atoms with van der Waals surface area (Å²) in [6.45, 7) is 0. The van der Waals surface area contributed by atoms with Gasteiger partial charge in [-0.1, -0.05) is 6.07 Å². The summed E-state index contributed by atoms with van der Waals surface area (Å²) in [5.74, 6) is -3.26. The van der Waals surface area contributed by atoms with Crippen molar-refractivity contribution in [2.24, 2.45) is 0 Å². The van der Waals surface area contributed by atoms with Crippen molar-refractivity contribution in [2.45, 2.75) is 12.0 Å². The van der Waals surface area contributed by atoms with Crippen molar-refractivity contribution >= 4 is 17.4 Å². The van der Waals surface area contributed by atoms with E-state index in [1.54, 1.807) is 6.08 Å². The SMILES string of the molecule is O[C@]1(C(F)(F)F)C=C(C=Cc2cccs2)NO1. The molecule has 0 amide bonds. The van der Waals surface area contributed by atoms with Gasteiger partial charge in [0, 0.05) is 11.0 Å². The number of thiophene rings is 1. The topological polar surface area (TPSA) is 41.5 Å². The summed E-state index contributed by atoms with van der Waals surface area (Å²) in [6.07, 6.45) is -1.28. The number of hydrogen-bond acceptors (Lipinski definition) is 4. The number of rotatable bonds is 2. The Morgan fingerprint density at radius 3 is 2.71 bits per heavy atom. The highest BCUT2D eigenvalue weighted by atomic mass is 32.1. The first-order chi connectivity index (χ1) is 7.91. The highest BCUT2D eigenvalue weighted by molar-refractivity contribution is 7.10. The molecule has 2 N–H and O–H groups in total. The highest BCUT2D eigenvalue weighted by Gasteiger charge is 2.57. The minimum atomic E-state index is -4.88. The predicted octanol–water partition coefficient (Wildman–Crippen LogP) is 2.43. The Kier molecular flexibility index (Phi) is 2.98. The molecule has 1 aromatic rings. The molecule has 1 aliphatic rings. The van der Waals surface area contributed by atoms with E-state index in [9.17, 15) is 13.2 Å². The standard InChI is InChI=1S/C10H8F3NO2S/c11-10(12,13)9(15)6-7(14-16-9)3-4-8-2-1-5-17-8/h1-6,14-15H/t9-/m1/s1. The van der Waals surface area contributed by atoms with Crippen LogP contribution in [0.1, 0.15) is 4.88 Å². The van der Waals surface area contributed by atoms with Crippen LogP contribution in [0, 0.1) is 0 Å². The Hall–Kier alpha value is -1.31. The van der Waals surface area contributed by atoms with Crippen LogP contribution < -0.4 is 5.48 Å². The van der Waals surface area contributed by atoms with Crippen LogP contribution in [0.4, 0.5) is 13.2 Å². The maximum absolute atomic E-state index is 12.4. The fourth-order valence-electron chi connectivity index (χ4n) is 1.19. The van der Waals surface area contributed by atoms with Gasteiger partial charge in [-0.15, -0.1) is 11.3 Å². The molecule has 0 spiro atoms. The molecule has 0 bridgehead atoms. The first-order valence-electron chi connectivity index (χ1n) is 4.58. The summed E-state index contributed by atoms with van der Waals surface area (Å²) in [4.78, 5) is 5.01. The summed E-state index contributed by atoms with van der Waals surface area (Å²) in [7, 11) is 0. The molecule has 2 rings (SSSR count). The largest absolute Gasteiger partial charge is 0.449 e. The predicted molar refractivity (Wildman–Crippen MR) is 56.7 cm³/mol. The van der Waals surface area contributed by atoms with Crippen molar-refractivity contribution in [2.75, 3.05) is 0 Å². The van der Waals surface area contributed by atoms with E-state index in [-0.39, 0.29) is 5.70 Å². The maximum Gasteiger partial charge on any atom is 0.449 e. The van der Waals surface area contributed by atoms with Gasteiger partial charge in [0.25, 0.3) is 0 Å². The lowest BCUT2D eigenvalue weighted by Gasteiger charge is -2.21. The lowest BCUT2D eigenvalue weighted by Crippen LogP contribution is -2.45. The van der Waals surface area contributed by atoms with E-state index >= 15 is 0 Å². The average Bonchev–Trinajstić information content (AvgIpc) is 2.83. The second kappa shape index (κ2) is 4.17. The molecule has 0 saturated heterocycles. The Labute approximate surface area is 98.8 Å². The zero-order chi connectivity index (χ0) is 12.5. The quantitative estimate of drug-likeness (QED) is 0.861. The third-order valence-electron chi connectivity index (χ3n) is 2.05. The van der Waals surface area contributed by atoms with Crippen molar-refractivity contribution in [3.05, 3.63) is 40.2 Å². The number of hydrogen-bond donors (Lipinski definition) is 2. The van der Waals surface area contributed by atoms with Gasteiger partial charge in [0.15, 0.2) is 0 Å². The van der Waals surface area contributed by atoms with E-state index in [0.717, 1.165) is 4.88 Å². The minimum Gasteiger partial charge on any atom is -0.354 e. The van der Waals surface area contributed by atoms with Crippen molar-refractivity contribution in [3.63, 3.8) is 0 Å². The summed E-state index contributed by atoms with van der Waals surface area (Å²) in [5, 5.41) is 11.0. The zero-order valence-corrected chi connectivity index (χ0v) is 9.18. The minimum absolute atomic E-state index is 0.0539. The molecule has 0 unspecified atom stereocenters. The molecule has 0 radical (unpaired) electrons. The molecular formula is C10H8F3NO2S. The zero-order valence-electron chi connectivity index (χ0n) is 8.36. The number of alkyl halides is 3. The van der Waals surface area contributed by atoms with E-state index < -0.39 is 12.0 Å². The number of nitrogens with one attached hydrogen (secondary N) is 1. The van der Waals surface area contributed by atoms with E-state index in [0.29, 0.717) is 6.08 Å². The van der Waals surface area contributed by atoms with Gasteiger partial charge in [0.1, 0.15) is 0 Å². The van der Waals surface area contributed by atoms with Gasteiger partial charge in [-0.2, -0.15) is 13.2 Å². The molecule has 1 atom stereocenters.